The second-order valence-electron chi connectivity index (χ2n) is 14.6. The molecular weight excluding hydrogens is 1070 g/mol. The van der Waals surface area contributed by atoms with E-state index in [1.165, 1.54) is 86.2 Å². The van der Waals surface area contributed by atoms with Gasteiger partial charge in [-0.3, -0.25) is 14.6 Å². The number of nitrogens with zero attached hydrogens (tertiary/aromatic N) is 7. The van der Waals surface area contributed by atoms with Crippen LogP contribution in [0.2, 0.25) is 0 Å². The Morgan fingerprint density at radius 1 is 0.676 bits per heavy atom. The van der Waals surface area contributed by atoms with Crippen molar-refractivity contribution in [3.63, 3.8) is 0 Å². The number of amides is 1. The maximum absolute atomic E-state index is 13.4. The molecule has 1 aromatic carbocycles. The first-order valence-corrected chi connectivity index (χ1v) is 24.6. The van der Waals surface area contributed by atoms with Gasteiger partial charge < -0.3 is 81.9 Å². The van der Waals surface area contributed by atoms with Gasteiger partial charge in [-0.25, -0.2) is 14.3 Å². The summed E-state index contributed by atoms with van der Waals surface area (Å²) >= 11 is 0. The van der Waals surface area contributed by atoms with Crippen molar-refractivity contribution in [2.75, 3.05) is 86.1 Å². The van der Waals surface area contributed by atoms with E-state index in [-0.39, 0.29) is 271 Å². The summed E-state index contributed by atoms with van der Waals surface area (Å²) < 4.78 is 59.4. The fraction of sp³-hybridized carbons (Fsp3) is 0.452. The van der Waals surface area contributed by atoms with Crippen molar-refractivity contribution < 1.29 is 229 Å². The molecule has 4 rings (SSSR count). The van der Waals surface area contributed by atoms with Gasteiger partial charge in [0, 0.05) is 76.9 Å². The molecule has 0 aliphatic carbocycles. The van der Waals surface area contributed by atoms with Crippen molar-refractivity contribution in [2.24, 2.45) is 0 Å². The maximum atomic E-state index is 13.4. The Kier molecular flexibility index (Phi) is 39.1. The summed E-state index contributed by atoms with van der Waals surface area (Å²) in [6.45, 7) is 1.04. The number of pyridine rings is 1. The third kappa shape index (κ3) is 27.2. The Bertz CT molecular complexity index is 2460. The third-order valence-corrected chi connectivity index (χ3v) is 11.8. The zero-order valence-corrected chi connectivity index (χ0v) is 55.0. The molecular formula is C42H51N8Na5O17P2. The van der Waals surface area contributed by atoms with Crippen molar-refractivity contribution in [3.8, 4) is 35.0 Å². The van der Waals surface area contributed by atoms with E-state index in [0.29, 0.717) is 0 Å². The zero-order chi connectivity index (χ0) is 50.6. The minimum absolute atomic E-state index is 0. The molecule has 74 heavy (non-hydrogen) atoms. The number of aliphatic carboxylic acids is 3. The number of carbonyl (C=O) groups is 4. The van der Waals surface area contributed by atoms with Crippen LogP contribution in [-0.2, 0) is 55.1 Å². The van der Waals surface area contributed by atoms with E-state index in [2.05, 4.69) is 27.4 Å². The van der Waals surface area contributed by atoms with E-state index in [1.807, 2.05) is 0 Å². The Morgan fingerprint density at radius 3 is 1.58 bits per heavy atom. The van der Waals surface area contributed by atoms with Crippen LogP contribution in [0.4, 0.5) is 0 Å². The smallest absolute Gasteiger partial charge is 0.778 e. The Labute approximate surface area is 539 Å². The van der Waals surface area contributed by atoms with Gasteiger partial charge in [0.25, 0.3) is 5.91 Å². The molecule has 2 unspecified atom stereocenters. The number of hydrogen-bond acceptors (Lipinski definition) is 22. The van der Waals surface area contributed by atoms with Gasteiger partial charge in [-0.05, 0) is 57.0 Å². The van der Waals surface area contributed by atoms with E-state index < -0.39 is 64.7 Å². The summed E-state index contributed by atoms with van der Waals surface area (Å²) in [6, 6.07) is 8.98. The summed E-state index contributed by atoms with van der Waals surface area (Å²) in [5.74, 6) is 1.69. The number of aromatic nitrogens is 5. The fourth-order valence-electron chi connectivity index (χ4n) is 6.27. The normalized spacial score (nSPS) is 12.2. The maximum Gasteiger partial charge on any atom is 1.00 e. The molecule has 3 heterocycles. The standard InChI is InChI=1S/C42H56N8O17P2.5Na/c1-5-66-68(58,59)28-47(26-40(53)54)24-32-11-14-49(45-32)37-20-30(21-38(44-37)50-15-12-33(46-50)25-48(27-41(55)56)29-69(60,61)67-6-2)9-10-31-22-36(65-19-17-63-4)34(23-35(31)64-18-16-62-3)42(57)43-13-7-8-39(51)52;;;;;/h11-12,14-15,20-23H,5-8,13,16-19,24-29H2,1-4H3,(H,43,57)(H,51,52)(H,53,54)(H,55,56)(H,58,59)(H,60,61);;;;;/q;5*+1/p-5. The largest absolute Gasteiger partial charge is 1.00 e. The number of ether oxygens (including phenoxy) is 4. The first-order valence-electron chi connectivity index (χ1n) is 21.1. The van der Waals surface area contributed by atoms with E-state index in [0.717, 1.165) is 9.80 Å². The molecule has 32 heteroatoms. The van der Waals surface area contributed by atoms with Gasteiger partial charge in [0.2, 0.25) is 0 Å². The zero-order valence-electron chi connectivity index (χ0n) is 43.2. The van der Waals surface area contributed by atoms with Gasteiger partial charge in [0.05, 0.1) is 73.5 Å². The van der Waals surface area contributed by atoms with Crippen LogP contribution >= 0.6 is 15.2 Å². The predicted molar refractivity (Wildman–Crippen MR) is 231 cm³/mol. The van der Waals surface area contributed by atoms with Gasteiger partial charge >= 0.3 is 148 Å². The summed E-state index contributed by atoms with van der Waals surface area (Å²) in [4.78, 5) is 79.1. The number of hydrogen-bond donors (Lipinski definition) is 1. The minimum Gasteiger partial charge on any atom is -0.778 e. The molecule has 0 saturated carbocycles. The summed E-state index contributed by atoms with van der Waals surface area (Å²) in [6.07, 6.45) is 1.31. The van der Waals surface area contributed by atoms with Crippen molar-refractivity contribution >= 4 is 39.0 Å². The molecule has 0 bridgehead atoms. The average Bonchev–Trinajstić information content (AvgIpc) is 3.94. The molecule has 25 nitrogen and oxygen atoms in total. The van der Waals surface area contributed by atoms with Gasteiger partial charge in [0.1, 0.15) is 39.9 Å². The van der Waals surface area contributed by atoms with Crippen molar-refractivity contribution in [2.45, 2.75) is 39.8 Å². The molecule has 0 fully saturated rings. The van der Waals surface area contributed by atoms with Crippen molar-refractivity contribution in [1.82, 2.24) is 39.7 Å². The molecule has 0 aliphatic rings. The van der Waals surface area contributed by atoms with Crippen LogP contribution in [0, 0.1) is 11.8 Å². The van der Waals surface area contributed by atoms with Crippen LogP contribution in [0.5, 0.6) is 11.5 Å². The van der Waals surface area contributed by atoms with Gasteiger partial charge in [-0.1, -0.05) is 11.8 Å². The van der Waals surface area contributed by atoms with Crippen LogP contribution in [0.3, 0.4) is 0 Å². The number of rotatable bonds is 31. The molecule has 0 aliphatic heterocycles. The van der Waals surface area contributed by atoms with Gasteiger partial charge in [0.15, 0.2) is 11.6 Å². The number of nitrogens with one attached hydrogen (secondary N) is 1. The van der Waals surface area contributed by atoms with E-state index in [1.54, 1.807) is 0 Å². The van der Waals surface area contributed by atoms with Crippen molar-refractivity contribution in [1.29, 1.82) is 0 Å². The van der Waals surface area contributed by atoms with E-state index in [4.69, 9.17) is 33.0 Å². The summed E-state index contributed by atoms with van der Waals surface area (Å²) in [7, 11) is -5.99. The molecule has 1 N–H and O–H groups in total. The molecule has 0 spiro atoms. The number of carboxylic acid groups (broad SMARTS) is 3. The summed E-state index contributed by atoms with van der Waals surface area (Å²) in [5.41, 5.74) is 1.05. The molecule has 4 aromatic rings. The summed E-state index contributed by atoms with van der Waals surface area (Å²) in [5, 5.41) is 45.7. The van der Waals surface area contributed by atoms with Crippen LogP contribution in [-0.4, -0.2) is 144 Å². The quantitative estimate of drug-likeness (QED) is 0.0212. The number of methoxy groups -OCH3 is 2. The third-order valence-electron chi connectivity index (χ3n) is 9.03. The first-order chi connectivity index (χ1) is 32.8. The van der Waals surface area contributed by atoms with Crippen LogP contribution in [0.15, 0.2) is 48.8 Å². The van der Waals surface area contributed by atoms with Crippen LogP contribution < -0.4 is 188 Å². The van der Waals surface area contributed by atoms with Gasteiger partial charge in [-0.2, -0.15) is 10.2 Å². The van der Waals surface area contributed by atoms with Crippen molar-refractivity contribution in [3.05, 3.63) is 76.9 Å². The minimum atomic E-state index is -4.47. The second kappa shape index (κ2) is 38.6. The average molecular weight is 1120 g/mol. The molecule has 376 valence electrons. The van der Waals surface area contributed by atoms with E-state index >= 15 is 0 Å². The SMILES string of the molecule is CCOP(=O)([O-])CN(CC(=O)[O-])Cc1ccn(-c2cc(C#Cc3cc(OCCOC)c(C(=O)NCCCC(=O)[O-])cc3OCCOC)cc(-n3ccc(CN(CC(=O)[O-])CP(=O)([O-])OCC)n3)n2)n1.[Na+].[Na+].[Na+].[Na+].[Na+]. The molecule has 3 aromatic heterocycles. The van der Waals surface area contributed by atoms with E-state index in [9.17, 15) is 53.4 Å². The molecule has 0 radical (unpaired) electrons. The Morgan fingerprint density at radius 2 is 1.15 bits per heavy atom. The second-order valence-corrected chi connectivity index (χ2v) is 18.2. The number of benzene rings is 1. The fourth-order valence-corrected chi connectivity index (χ4v) is 8.60. The van der Waals surface area contributed by atoms with Crippen LogP contribution in [0.1, 0.15) is 59.6 Å². The number of carbonyl (C=O) groups excluding carboxylic acids is 4. The monoisotopic (exact) mass is 1120 g/mol. The predicted octanol–water partition coefficient (Wildman–Crippen LogP) is -17.6. The van der Waals surface area contributed by atoms with Gasteiger partial charge in [-0.15, -0.1) is 0 Å². The Hall–Kier alpha value is -1.03. The molecule has 0 saturated heterocycles. The Balaban J connectivity index is 0. The first kappa shape index (κ1) is 75.0. The molecule has 1 amide bonds. The topological polar surface area (TPSA) is 340 Å². The number of carboxylic acids is 3. The molecule has 2 atom stereocenters. The van der Waals surface area contributed by atoms with Crippen LogP contribution in [0.25, 0.3) is 11.6 Å².